The molecule has 0 unspecified atom stereocenters. The number of hydrogen-bond donors (Lipinski definition) is 1. The minimum Gasteiger partial charge on any atom is -0.380 e. The van der Waals surface area contributed by atoms with Crippen LogP contribution in [0.2, 0.25) is 0 Å². The molecule has 2 nitrogen and oxygen atoms in total. The van der Waals surface area contributed by atoms with Crippen molar-refractivity contribution in [3.63, 3.8) is 0 Å². The summed E-state index contributed by atoms with van der Waals surface area (Å²) in [6.07, 6.45) is 1.02. The molecule has 19 heavy (non-hydrogen) atoms. The van der Waals surface area contributed by atoms with E-state index in [9.17, 15) is 0 Å². The predicted octanol–water partition coefficient (Wildman–Crippen LogP) is 4.04. The smallest absolute Gasteiger partial charge is 0.101 e. The predicted molar refractivity (Wildman–Crippen MR) is 79.0 cm³/mol. The van der Waals surface area contributed by atoms with E-state index in [1.54, 1.807) is 0 Å². The normalized spacial score (nSPS) is 9.95. The second-order valence-electron chi connectivity index (χ2n) is 4.64. The lowest BCUT2D eigenvalue weighted by atomic mass is 10.0. The van der Waals surface area contributed by atoms with E-state index in [0.717, 1.165) is 24.2 Å². The average Bonchev–Trinajstić information content (AvgIpc) is 2.45. The number of nitriles is 1. The van der Waals surface area contributed by atoms with Gasteiger partial charge in [-0.1, -0.05) is 37.3 Å². The molecule has 0 saturated heterocycles. The van der Waals surface area contributed by atoms with Crippen molar-refractivity contribution in [2.45, 2.75) is 26.8 Å². The maximum atomic E-state index is 9.12. The number of benzene rings is 2. The Bertz CT molecular complexity index is 609. The number of hydrogen-bond acceptors (Lipinski definition) is 2. The summed E-state index contributed by atoms with van der Waals surface area (Å²) in [5.41, 5.74) is 5.40. The first kappa shape index (κ1) is 13.2. The fourth-order valence-corrected chi connectivity index (χ4v) is 2.17. The minimum absolute atomic E-state index is 0.694. The number of nitrogens with one attached hydrogen (secondary N) is 1. The van der Waals surface area contributed by atoms with E-state index in [1.165, 1.54) is 11.1 Å². The van der Waals surface area contributed by atoms with E-state index in [1.807, 2.05) is 25.1 Å². The van der Waals surface area contributed by atoms with Gasteiger partial charge in [-0.15, -0.1) is 0 Å². The average molecular weight is 250 g/mol. The summed E-state index contributed by atoms with van der Waals surface area (Å²) in [4.78, 5) is 0. The molecule has 1 N–H and O–H groups in total. The lowest BCUT2D eigenvalue weighted by Crippen LogP contribution is -2.04. The highest BCUT2D eigenvalue weighted by molar-refractivity contribution is 5.59. The lowest BCUT2D eigenvalue weighted by molar-refractivity contribution is 1.04. The summed E-state index contributed by atoms with van der Waals surface area (Å²) in [5, 5.41) is 12.5. The minimum atomic E-state index is 0.694. The maximum Gasteiger partial charge on any atom is 0.101 e. The molecular formula is C17H18N2. The molecule has 0 saturated carbocycles. The second kappa shape index (κ2) is 6.06. The van der Waals surface area contributed by atoms with Crippen LogP contribution in [-0.4, -0.2) is 0 Å². The van der Waals surface area contributed by atoms with Gasteiger partial charge < -0.3 is 5.32 Å². The molecule has 0 fully saturated rings. The zero-order valence-corrected chi connectivity index (χ0v) is 11.4. The van der Waals surface area contributed by atoms with Crippen molar-refractivity contribution >= 4 is 5.69 Å². The van der Waals surface area contributed by atoms with Crippen molar-refractivity contribution in [3.05, 3.63) is 64.7 Å². The highest BCUT2D eigenvalue weighted by atomic mass is 14.9. The molecule has 96 valence electrons. The zero-order valence-electron chi connectivity index (χ0n) is 11.4. The monoisotopic (exact) mass is 250 g/mol. The first-order valence-electron chi connectivity index (χ1n) is 6.56. The molecule has 0 amide bonds. The van der Waals surface area contributed by atoms with Gasteiger partial charge in [-0.2, -0.15) is 5.26 Å². The van der Waals surface area contributed by atoms with Crippen molar-refractivity contribution in [3.8, 4) is 6.07 Å². The Morgan fingerprint density at radius 1 is 1.11 bits per heavy atom. The molecule has 0 radical (unpaired) electrons. The molecule has 2 aromatic rings. The molecule has 0 heterocycles. The van der Waals surface area contributed by atoms with Gasteiger partial charge in [-0.05, 0) is 42.2 Å². The molecule has 0 bridgehead atoms. The molecule has 0 aliphatic rings. The van der Waals surface area contributed by atoms with Crippen LogP contribution in [0.25, 0.3) is 0 Å². The van der Waals surface area contributed by atoms with Crippen molar-refractivity contribution in [1.82, 2.24) is 0 Å². The van der Waals surface area contributed by atoms with Gasteiger partial charge in [0.25, 0.3) is 0 Å². The molecule has 0 spiro atoms. The number of aryl methyl sites for hydroxylation is 2. The van der Waals surface area contributed by atoms with E-state index in [2.05, 4.69) is 42.6 Å². The fraction of sp³-hybridized carbons (Fsp3) is 0.235. The van der Waals surface area contributed by atoms with Crippen LogP contribution in [0.4, 0.5) is 5.69 Å². The Labute approximate surface area is 114 Å². The van der Waals surface area contributed by atoms with Crippen LogP contribution < -0.4 is 5.32 Å². The summed E-state index contributed by atoms with van der Waals surface area (Å²) in [6, 6.07) is 16.5. The van der Waals surface area contributed by atoms with Gasteiger partial charge in [0.1, 0.15) is 6.07 Å². The van der Waals surface area contributed by atoms with Crippen LogP contribution in [0.1, 0.15) is 29.2 Å². The van der Waals surface area contributed by atoms with E-state index in [4.69, 9.17) is 5.26 Å². The number of rotatable bonds is 4. The molecular weight excluding hydrogens is 232 g/mol. The van der Waals surface area contributed by atoms with Crippen molar-refractivity contribution in [2.24, 2.45) is 0 Å². The molecule has 0 atom stereocenters. The van der Waals surface area contributed by atoms with Gasteiger partial charge in [-0.25, -0.2) is 0 Å². The van der Waals surface area contributed by atoms with Crippen molar-refractivity contribution in [1.29, 1.82) is 5.26 Å². The summed E-state index contributed by atoms with van der Waals surface area (Å²) in [7, 11) is 0. The zero-order chi connectivity index (χ0) is 13.7. The third kappa shape index (κ3) is 3.14. The number of nitrogens with zero attached hydrogens (tertiary/aromatic N) is 1. The Hall–Kier alpha value is -2.27. The van der Waals surface area contributed by atoms with Crippen LogP contribution in [0.3, 0.4) is 0 Å². The quantitative estimate of drug-likeness (QED) is 0.888. The molecule has 0 aliphatic carbocycles. The van der Waals surface area contributed by atoms with E-state index in [-0.39, 0.29) is 0 Å². The Morgan fingerprint density at radius 2 is 1.84 bits per heavy atom. The fourth-order valence-electron chi connectivity index (χ4n) is 2.17. The van der Waals surface area contributed by atoms with Crippen LogP contribution in [0, 0.1) is 18.3 Å². The Morgan fingerprint density at radius 3 is 2.53 bits per heavy atom. The molecule has 2 heteroatoms. The molecule has 2 rings (SSSR count). The highest BCUT2D eigenvalue weighted by Crippen LogP contribution is 2.18. The van der Waals surface area contributed by atoms with Crippen LogP contribution >= 0.6 is 0 Å². The van der Waals surface area contributed by atoms with Gasteiger partial charge in [0.15, 0.2) is 0 Å². The summed E-state index contributed by atoms with van der Waals surface area (Å²) < 4.78 is 0. The Kier molecular flexibility index (Phi) is 4.20. The van der Waals surface area contributed by atoms with E-state index < -0.39 is 0 Å². The van der Waals surface area contributed by atoms with Gasteiger partial charge in [-0.3, -0.25) is 0 Å². The largest absolute Gasteiger partial charge is 0.380 e. The first-order chi connectivity index (χ1) is 9.24. The topological polar surface area (TPSA) is 35.8 Å². The second-order valence-corrected chi connectivity index (χ2v) is 4.64. The maximum absolute atomic E-state index is 9.12. The summed E-state index contributed by atoms with van der Waals surface area (Å²) in [6.45, 7) is 4.95. The lowest BCUT2D eigenvalue weighted by Gasteiger charge is -2.12. The molecule has 2 aromatic carbocycles. The molecule has 0 aromatic heterocycles. The van der Waals surface area contributed by atoms with E-state index >= 15 is 0 Å². The van der Waals surface area contributed by atoms with Crippen molar-refractivity contribution in [2.75, 3.05) is 5.32 Å². The van der Waals surface area contributed by atoms with Crippen LogP contribution in [-0.2, 0) is 13.0 Å². The number of anilines is 1. The van der Waals surface area contributed by atoms with Crippen LogP contribution in [0.5, 0.6) is 0 Å². The van der Waals surface area contributed by atoms with Gasteiger partial charge in [0, 0.05) is 6.54 Å². The van der Waals surface area contributed by atoms with Gasteiger partial charge in [0.2, 0.25) is 0 Å². The third-order valence-corrected chi connectivity index (χ3v) is 3.26. The third-order valence-electron chi connectivity index (χ3n) is 3.26. The highest BCUT2D eigenvalue weighted by Gasteiger charge is 2.04. The summed E-state index contributed by atoms with van der Waals surface area (Å²) in [5.74, 6) is 0. The standard InChI is InChI=1S/C17H18N2/c1-3-14-6-4-5-7-16(14)12-19-17-10-13(2)8-9-15(17)11-18/h4-10,19H,3,12H2,1-2H3. The summed E-state index contributed by atoms with van der Waals surface area (Å²) >= 11 is 0. The van der Waals surface area contributed by atoms with Crippen LogP contribution in [0.15, 0.2) is 42.5 Å². The van der Waals surface area contributed by atoms with Crippen molar-refractivity contribution < 1.29 is 0 Å². The van der Waals surface area contributed by atoms with Gasteiger partial charge in [0.05, 0.1) is 11.3 Å². The van der Waals surface area contributed by atoms with E-state index in [0.29, 0.717) is 5.56 Å². The first-order valence-corrected chi connectivity index (χ1v) is 6.56. The SMILES string of the molecule is CCc1ccccc1CNc1cc(C)ccc1C#N. The Balaban J connectivity index is 2.19. The van der Waals surface area contributed by atoms with Gasteiger partial charge >= 0.3 is 0 Å². The molecule has 0 aliphatic heterocycles.